The highest BCUT2D eigenvalue weighted by Crippen LogP contribution is 2.53. The van der Waals surface area contributed by atoms with Crippen molar-refractivity contribution in [3.8, 4) is 11.5 Å². The molecule has 1 saturated carbocycles. The molecule has 0 radical (unpaired) electrons. The monoisotopic (exact) mass is 432 g/mol. The van der Waals surface area contributed by atoms with Gasteiger partial charge in [0.1, 0.15) is 0 Å². The van der Waals surface area contributed by atoms with Crippen molar-refractivity contribution >= 4 is 18.1 Å². The van der Waals surface area contributed by atoms with Crippen LogP contribution in [0, 0.1) is 11.3 Å². The van der Waals surface area contributed by atoms with Crippen molar-refractivity contribution in [2.24, 2.45) is 11.3 Å². The summed E-state index contributed by atoms with van der Waals surface area (Å²) < 4.78 is 45.3. The number of aromatic amines is 1. The lowest BCUT2D eigenvalue weighted by Crippen LogP contribution is -2.49. The molecule has 2 heterocycles. The molecule has 1 aliphatic carbocycles. The zero-order valence-electron chi connectivity index (χ0n) is 15.9. The van der Waals surface area contributed by atoms with E-state index in [-0.39, 0.29) is 30.0 Å². The number of hydrogen-bond donors (Lipinski definition) is 3. The third-order valence-corrected chi connectivity index (χ3v) is 6.15. The molecule has 10 heteroatoms. The minimum Gasteiger partial charge on any atom is -0.388 e. The zero-order valence-corrected chi connectivity index (χ0v) is 16.8. The van der Waals surface area contributed by atoms with E-state index in [2.05, 4.69) is 20.8 Å². The van der Waals surface area contributed by atoms with E-state index in [1.54, 1.807) is 0 Å². The Morgan fingerprint density at radius 2 is 1.97 bits per heavy atom. The Labute approximate surface area is 172 Å². The molecule has 1 aromatic carbocycles. The number of benzene rings is 1. The molecule has 2 aromatic rings. The summed E-state index contributed by atoms with van der Waals surface area (Å²) >= 11 is 0. The fourth-order valence-corrected chi connectivity index (χ4v) is 4.53. The summed E-state index contributed by atoms with van der Waals surface area (Å²) in [6.07, 6.45) is -0.130. The number of hydrogen-bond acceptors (Lipinski definition) is 5. The van der Waals surface area contributed by atoms with Gasteiger partial charge in [-0.05, 0) is 75.2 Å². The zero-order chi connectivity index (χ0) is 19.9. The Hall–Kier alpha value is -2.00. The molecule has 6 nitrogen and oxygen atoms in total. The summed E-state index contributed by atoms with van der Waals surface area (Å²) in [7, 11) is 0. The third kappa shape index (κ3) is 4.45. The van der Waals surface area contributed by atoms with Gasteiger partial charge < -0.3 is 15.1 Å². The van der Waals surface area contributed by atoms with Crippen LogP contribution in [0.5, 0.6) is 0 Å². The van der Waals surface area contributed by atoms with Crippen molar-refractivity contribution < 1.29 is 17.6 Å². The van der Waals surface area contributed by atoms with Crippen molar-refractivity contribution in [3.63, 3.8) is 0 Å². The van der Waals surface area contributed by atoms with Crippen LogP contribution in [0.1, 0.15) is 38.2 Å². The van der Waals surface area contributed by atoms with Crippen LogP contribution in [-0.4, -0.2) is 29.3 Å². The Bertz CT molecular complexity index is 897. The van der Waals surface area contributed by atoms with Crippen LogP contribution in [0.25, 0.3) is 11.5 Å². The summed E-state index contributed by atoms with van der Waals surface area (Å²) in [6.45, 7) is 3.97. The second-order valence-corrected chi connectivity index (χ2v) is 8.03. The first-order chi connectivity index (χ1) is 13.3. The number of nitrogens with zero attached hydrogens (tertiary/aromatic N) is 1. The molecule has 4 rings (SSSR count). The van der Waals surface area contributed by atoms with Crippen LogP contribution in [0.2, 0.25) is 0 Å². The van der Waals surface area contributed by atoms with Gasteiger partial charge in [-0.25, -0.2) is 9.89 Å². The van der Waals surface area contributed by atoms with E-state index in [9.17, 15) is 18.0 Å². The number of halogens is 4. The maximum Gasteiger partial charge on any atom is 0.434 e. The molecule has 0 amide bonds. The van der Waals surface area contributed by atoms with E-state index < -0.39 is 17.5 Å². The summed E-state index contributed by atoms with van der Waals surface area (Å²) in [5, 5.41) is 12.2. The molecule has 3 N–H and O–H groups in total. The SMILES string of the molecule is C[C@H](Nc1cc(-c2n[nH]c(=O)o2)ccc1C(F)(F)F)C1CC2(CCNCC2)C1.Cl. The highest BCUT2D eigenvalue weighted by Gasteiger charge is 2.46. The fraction of sp³-hybridized carbons (Fsp3) is 0.579. The van der Waals surface area contributed by atoms with Crippen LogP contribution in [0.4, 0.5) is 18.9 Å². The lowest BCUT2D eigenvalue weighted by Gasteiger charge is -2.52. The Balaban J connectivity index is 0.00000240. The molecule has 1 saturated heterocycles. The van der Waals surface area contributed by atoms with E-state index >= 15 is 0 Å². The van der Waals surface area contributed by atoms with Gasteiger partial charge in [0.15, 0.2) is 0 Å². The van der Waals surface area contributed by atoms with Crippen molar-refractivity contribution in [1.29, 1.82) is 0 Å². The molecule has 1 atom stereocenters. The Morgan fingerprint density at radius 3 is 2.55 bits per heavy atom. The minimum absolute atomic E-state index is 0. The number of aromatic nitrogens is 2. The molecule has 1 aromatic heterocycles. The third-order valence-electron chi connectivity index (χ3n) is 6.15. The Morgan fingerprint density at radius 1 is 1.28 bits per heavy atom. The normalized spacial score (nSPS) is 20.0. The molecule has 29 heavy (non-hydrogen) atoms. The molecule has 1 spiro atoms. The molecular formula is C19H24ClF3N4O2. The first kappa shape index (κ1) is 21.7. The van der Waals surface area contributed by atoms with E-state index in [1.165, 1.54) is 12.1 Å². The van der Waals surface area contributed by atoms with Crippen molar-refractivity contribution in [1.82, 2.24) is 15.5 Å². The van der Waals surface area contributed by atoms with E-state index in [1.807, 2.05) is 6.92 Å². The average Bonchev–Trinajstić information content (AvgIpc) is 3.05. The smallest absolute Gasteiger partial charge is 0.388 e. The number of H-pyrrole nitrogens is 1. The lowest BCUT2D eigenvalue weighted by atomic mass is 9.56. The molecule has 160 valence electrons. The van der Waals surface area contributed by atoms with Crippen molar-refractivity contribution in [3.05, 3.63) is 34.3 Å². The largest absolute Gasteiger partial charge is 0.434 e. The van der Waals surface area contributed by atoms with Crippen LogP contribution >= 0.6 is 12.4 Å². The van der Waals surface area contributed by atoms with E-state index in [0.717, 1.165) is 44.8 Å². The van der Waals surface area contributed by atoms with Crippen molar-refractivity contribution in [2.75, 3.05) is 18.4 Å². The van der Waals surface area contributed by atoms with Gasteiger partial charge in [0, 0.05) is 17.3 Å². The van der Waals surface area contributed by atoms with E-state index in [4.69, 9.17) is 4.42 Å². The van der Waals surface area contributed by atoms with Gasteiger partial charge in [-0.2, -0.15) is 13.2 Å². The summed E-state index contributed by atoms with van der Waals surface area (Å²) in [6, 6.07) is 3.50. The molecule has 0 bridgehead atoms. The standard InChI is InChI=1S/C19H23F3N4O2.ClH/c1-11(13-9-18(10-13)4-6-23-7-5-18)24-15-8-12(16-25-26-17(27)28-16)2-3-14(15)19(20,21)22;/h2-3,8,11,13,23-24H,4-7,9-10H2,1H3,(H,26,27);1H/t11-;/m0./s1. The molecule has 2 fully saturated rings. The topological polar surface area (TPSA) is 83.0 Å². The predicted molar refractivity (Wildman–Crippen MR) is 105 cm³/mol. The number of rotatable bonds is 4. The van der Waals surface area contributed by atoms with Crippen LogP contribution < -0.4 is 16.4 Å². The second kappa shape index (κ2) is 8.02. The summed E-state index contributed by atoms with van der Waals surface area (Å²) in [4.78, 5) is 11.2. The number of piperidine rings is 1. The summed E-state index contributed by atoms with van der Waals surface area (Å²) in [5.41, 5.74) is -0.0882. The van der Waals surface area contributed by atoms with Crippen LogP contribution in [-0.2, 0) is 6.18 Å². The quantitative estimate of drug-likeness (QED) is 0.679. The van der Waals surface area contributed by atoms with Gasteiger partial charge in [-0.15, -0.1) is 17.5 Å². The maximum atomic E-state index is 13.5. The van der Waals surface area contributed by atoms with Gasteiger partial charge in [-0.1, -0.05) is 0 Å². The number of anilines is 1. The predicted octanol–water partition coefficient (Wildman–Crippen LogP) is 4.05. The highest BCUT2D eigenvalue weighted by molar-refractivity contribution is 5.85. The number of alkyl halides is 3. The number of nitrogens with one attached hydrogen (secondary N) is 3. The first-order valence-electron chi connectivity index (χ1n) is 9.50. The molecular weight excluding hydrogens is 409 g/mol. The first-order valence-corrected chi connectivity index (χ1v) is 9.50. The summed E-state index contributed by atoms with van der Waals surface area (Å²) in [5.74, 6) is -0.447. The highest BCUT2D eigenvalue weighted by atomic mass is 35.5. The fourth-order valence-electron chi connectivity index (χ4n) is 4.53. The van der Waals surface area contributed by atoms with Gasteiger partial charge in [0.25, 0.3) is 0 Å². The second-order valence-electron chi connectivity index (χ2n) is 8.03. The van der Waals surface area contributed by atoms with Gasteiger partial charge in [0.05, 0.1) is 5.56 Å². The van der Waals surface area contributed by atoms with Crippen LogP contribution in [0.3, 0.4) is 0 Å². The van der Waals surface area contributed by atoms with Gasteiger partial charge in [0.2, 0.25) is 5.89 Å². The lowest BCUT2D eigenvalue weighted by molar-refractivity contribution is -0.137. The molecule has 1 aliphatic heterocycles. The molecule has 0 unspecified atom stereocenters. The van der Waals surface area contributed by atoms with Crippen LogP contribution in [0.15, 0.2) is 27.4 Å². The van der Waals surface area contributed by atoms with Gasteiger partial charge >= 0.3 is 11.9 Å². The molecule has 2 aliphatic rings. The van der Waals surface area contributed by atoms with E-state index in [0.29, 0.717) is 16.9 Å². The van der Waals surface area contributed by atoms with Gasteiger partial charge in [-0.3, -0.25) is 0 Å². The van der Waals surface area contributed by atoms with Crippen molar-refractivity contribution in [2.45, 2.75) is 44.8 Å². The Kier molecular flexibility index (Phi) is 6.01. The average molecular weight is 433 g/mol. The maximum absolute atomic E-state index is 13.5. The minimum atomic E-state index is -4.48.